The molecule has 0 amide bonds. The van der Waals surface area contributed by atoms with E-state index in [-0.39, 0.29) is 114 Å². The van der Waals surface area contributed by atoms with Crippen molar-refractivity contribution in [2.75, 3.05) is 71.1 Å². The second kappa shape index (κ2) is 23.3. The molecule has 0 aliphatic heterocycles. The molecular weight excluding hydrogens is 761 g/mol. The van der Waals surface area contributed by atoms with Gasteiger partial charge in [-0.05, 0) is 76.2 Å². The van der Waals surface area contributed by atoms with Crippen LogP contribution in [0.3, 0.4) is 0 Å². The minimum atomic E-state index is -0.00819. The third-order valence-electron chi connectivity index (χ3n) is 15.8. The van der Waals surface area contributed by atoms with Crippen LogP contribution >= 0.6 is 0 Å². The van der Waals surface area contributed by atoms with Crippen LogP contribution in [0.2, 0.25) is 0 Å². The molecule has 340 valence electrons. The van der Waals surface area contributed by atoms with Gasteiger partial charge in [0.1, 0.15) is 0 Å². The van der Waals surface area contributed by atoms with E-state index in [2.05, 4.69) is 54.7 Å². The van der Waals surface area contributed by atoms with E-state index in [0.29, 0.717) is 0 Å². The Balaban J connectivity index is 1.34. The standard InChI is InChI=1S/C50H80O10/c1-51-41-20-19-31-21-40-30-49(59-9)39(29-50(40)60-10)18-17-38-28-47(57-7)37(27-48(38)58-8)16-15-36-26-45(55-5)35(25-46(36)56-6)14-13-34-24-43(53-3)33(23-44(34)54-4)12-11-32(41)22-42(31)52-2/h11-18,21,32-50H,19-20,22-30H2,1-10H3/b12-11-,14-13-,16-15-,18-17-,31-21-/t32?,33-,34+,35+,36+,37-,38+,39+,40+,41?,42?,43?,44?,45?,46?,47?,48?,49?,50?/m1/s1. The fourth-order valence-corrected chi connectivity index (χ4v) is 12.1. The van der Waals surface area contributed by atoms with E-state index in [4.69, 9.17) is 47.4 Å². The molecule has 0 spiro atoms. The van der Waals surface area contributed by atoms with Gasteiger partial charge in [-0.1, -0.05) is 54.7 Å². The largest absolute Gasteiger partial charge is 0.381 e. The Kier molecular flexibility index (Phi) is 18.5. The van der Waals surface area contributed by atoms with Gasteiger partial charge in [0.25, 0.3) is 0 Å². The summed E-state index contributed by atoms with van der Waals surface area (Å²) in [5.41, 5.74) is 1.34. The molecule has 10 aliphatic rings. The zero-order valence-electron chi connectivity index (χ0n) is 38.5. The molecule has 19 atom stereocenters. The lowest BCUT2D eigenvalue weighted by Crippen LogP contribution is -2.41. The first kappa shape index (κ1) is 47.8. The van der Waals surface area contributed by atoms with Gasteiger partial charge >= 0.3 is 0 Å². The highest BCUT2D eigenvalue weighted by Crippen LogP contribution is 2.43. The van der Waals surface area contributed by atoms with E-state index in [1.54, 1.807) is 0 Å². The van der Waals surface area contributed by atoms with Crippen molar-refractivity contribution in [3.05, 3.63) is 60.3 Å². The monoisotopic (exact) mass is 841 g/mol. The number of ether oxygens (including phenoxy) is 10. The number of fused-ring (bicyclic) bond motifs is 4. The normalized spacial score (nSPS) is 47.1. The first-order valence-corrected chi connectivity index (χ1v) is 23.0. The van der Waals surface area contributed by atoms with Gasteiger partial charge in [-0.3, -0.25) is 0 Å². The lowest BCUT2D eigenvalue weighted by Gasteiger charge is -2.41. The Bertz CT molecular complexity index is 1440. The van der Waals surface area contributed by atoms with E-state index >= 15 is 0 Å². The van der Waals surface area contributed by atoms with Crippen LogP contribution in [-0.4, -0.2) is 132 Å². The number of hydrogen-bond acceptors (Lipinski definition) is 10. The summed E-state index contributed by atoms with van der Waals surface area (Å²) in [6.45, 7) is 0. The molecule has 60 heavy (non-hydrogen) atoms. The maximum atomic E-state index is 6.31. The average Bonchev–Trinajstić information content (AvgIpc) is 3.45. The van der Waals surface area contributed by atoms with Gasteiger partial charge in [0.05, 0.1) is 61.0 Å². The molecule has 10 aliphatic carbocycles. The molecule has 0 aromatic rings. The smallest absolute Gasteiger partial charge is 0.0787 e. The van der Waals surface area contributed by atoms with E-state index in [0.717, 1.165) is 70.6 Å². The Morgan fingerprint density at radius 1 is 0.283 bits per heavy atom. The van der Waals surface area contributed by atoms with Gasteiger partial charge in [-0.15, -0.1) is 0 Å². The molecule has 0 aromatic carbocycles. The van der Waals surface area contributed by atoms with E-state index in [9.17, 15) is 0 Å². The summed E-state index contributed by atoms with van der Waals surface area (Å²) in [6.07, 6.45) is 32.2. The highest BCUT2D eigenvalue weighted by atomic mass is 16.5. The number of rotatable bonds is 10. The summed E-state index contributed by atoms with van der Waals surface area (Å²) in [5.74, 6) is 2.08. The summed E-state index contributed by atoms with van der Waals surface area (Å²) in [6, 6.07) is 0. The topological polar surface area (TPSA) is 92.3 Å². The third-order valence-corrected chi connectivity index (χ3v) is 15.8. The maximum Gasteiger partial charge on any atom is 0.0787 e. The third kappa shape index (κ3) is 11.3. The van der Waals surface area contributed by atoms with Crippen molar-refractivity contribution in [3.63, 3.8) is 0 Å². The highest BCUT2D eigenvalue weighted by Gasteiger charge is 2.42. The Morgan fingerprint density at radius 2 is 0.517 bits per heavy atom. The van der Waals surface area contributed by atoms with Crippen molar-refractivity contribution in [2.24, 2.45) is 53.3 Å². The second-order valence-corrected chi connectivity index (χ2v) is 18.6. The van der Waals surface area contributed by atoms with Crippen LogP contribution in [0.5, 0.6) is 0 Å². The van der Waals surface area contributed by atoms with Crippen LogP contribution in [0.1, 0.15) is 70.6 Å². The minimum absolute atomic E-state index is 0.00819. The molecule has 11 unspecified atom stereocenters. The van der Waals surface area contributed by atoms with Crippen molar-refractivity contribution < 1.29 is 47.4 Å². The molecule has 0 radical (unpaired) electrons. The van der Waals surface area contributed by atoms with Gasteiger partial charge in [-0.2, -0.15) is 0 Å². The average molecular weight is 841 g/mol. The summed E-state index contributed by atoms with van der Waals surface area (Å²) in [7, 11) is 18.5. The fourth-order valence-electron chi connectivity index (χ4n) is 12.1. The first-order chi connectivity index (χ1) is 29.2. The molecule has 0 saturated heterocycles. The van der Waals surface area contributed by atoms with E-state index in [1.807, 2.05) is 71.1 Å². The van der Waals surface area contributed by atoms with Crippen LogP contribution < -0.4 is 0 Å². The molecule has 5 saturated carbocycles. The summed E-state index contributed by atoms with van der Waals surface area (Å²) in [4.78, 5) is 0. The van der Waals surface area contributed by atoms with Gasteiger partial charge in [0.2, 0.25) is 0 Å². The van der Waals surface area contributed by atoms with E-state index < -0.39 is 0 Å². The molecule has 10 heteroatoms. The lowest BCUT2D eigenvalue weighted by atomic mass is 9.73. The van der Waals surface area contributed by atoms with Crippen molar-refractivity contribution >= 4 is 0 Å². The van der Waals surface area contributed by atoms with Crippen LogP contribution in [-0.2, 0) is 47.4 Å². The Hall–Kier alpha value is -1.70. The van der Waals surface area contributed by atoms with Crippen molar-refractivity contribution in [1.82, 2.24) is 0 Å². The summed E-state index contributed by atoms with van der Waals surface area (Å²) >= 11 is 0. The van der Waals surface area contributed by atoms with Crippen LogP contribution in [0.25, 0.3) is 0 Å². The Morgan fingerprint density at radius 3 is 0.767 bits per heavy atom. The summed E-state index contributed by atoms with van der Waals surface area (Å²) in [5, 5.41) is 0. The predicted molar refractivity (Wildman–Crippen MR) is 235 cm³/mol. The Labute approximate surface area is 362 Å². The quantitative estimate of drug-likeness (QED) is 0.201. The van der Waals surface area contributed by atoms with Gasteiger partial charge in [0.15, 0.2) is 0 Å². The van der Waals surface area contributed by atoms with E-state index in [1.165, 1.54) is 5.57 Å². The van der Waals surface area contributed by atoms with Crippen LogP contribution in [0.15, 0.2) is 60.3 Å². The van der Waals surface area contributed by atoms with Crippen molar-refractivity contribution in [3.8, 4) is 0 Å². The first-order valence-electron chi connectivity index (χ1n) is 23.0. The van der Waals surface area contributed by atoms with Crippen LogP contribution in [0.4, 0.5) is 0 Å². The van der Waals surface area contributed by atoms with Gasteiger partial charge in [-0.25, -0.2) is 0 Å². The zero-order chi connectivity index (χ0) is 42.8. The molecule has 0 heterocycles. The number of methoxy groups -OCH3 is 10. The van der Waals surface area contributed by atoms with Crippen molar-refractivity contribution in [2.45, 2.75) is 132 Å². The molecule has 5 fully saturated rings. The molecular formula is C50H80O10. The van der Waals surface area contributed by atoms with Crippen LogP contribution in [0, 0.1) is 53.3 Å². The minimum Gasteiger partial charge on any atom is -0.381 e. The SMILES string of the molecule is COC1CC2/C=C\[C@@H]3CC(OC)[C@@H](/C=C\[C@H]4CC(OC)[C@@H](/C=C\[C@@H]5CC(OC)[C@@H](/C=C\[C@H]6CC(OC)[C@@H](/C=C\1CCC2OC)CC6OC)CC5OC)CC4OC)CC3OC. The summed E-state index contributed by atoms with van der Waals surface area (Å²) < 4.78 is 62.4. The fraction of sp³-hybridized carbons (Fsp3) is 0.800. The van der Waals surface area contributed by atoms with Crippen molar-refractivity contribution in [1.29, 1.82) is 0 Å². The lowest BCUT2D eigenvalue weighted by molar-refractivity contribution is -0.0494. The molecule has 0 N–H and O–H groups in total. The molecule has 10 rings (SSSR count). The molecule has 10 bridgehead atoms. The highest BCUT2D eigenvalue weighted by molar-refractivity contribution is 5.19. The predicted octanol–water partition coefficient (Wildman–Crippen LogP) is 8.21. The second-order valence-electron chi connectivity index (χ2n) is 18.6. The number of hydrogen-bond donors (Lipinski definition) is 0. The maximum absolute atomic E-state index is 6.31. The van der Waals surface area contributed by atoms with Gasteiger partial charge in [0, 0.05) is 124 Å². The molecule has 0 aromatic heterocycles. The van der Waals surface area contributed by atoms with Gasteiger partial charge < -0.3 is 47.4 Å². The zero-order valence-corrected chi connectivity index (χ0v) is 38.5. The molecule has 10 nitrogen and oxygen atoms in total.